The molecule has 0 aromatic heterocycles. The molecule has 130 valence electrons. The fourth-order valence-corrected chi connectivity index (χ4v) is 7.93. The molecule has 0 amide bonds. The van der Waals surface area contributed by atoms with Crippen molar-refractivity contribution < 1.29 is 9.90 Å². The van der Waals surface area contributed by atoms with E-state index in [2.05, 4.69) is 13.8 Å². The lowest BCUT2D eigenvalue weighted by Gasteiger charge is -2.59. The van der Waals surface area contributed by atoms with Crippen LogP contribution in [0, 0.1) is 40.4 Å². The van der Waals surface area contributed by atoms with Crippen LogP contribution in [-0.2, 0) is 4.79 Å². The zero-order valence-electron chi connectivity index (χ0n) is 15.2. The second kappa shape index (κ2) is 5.31. The van der Waals surface area contributed by atoms with Gasteiger partial charge in [0, 0.05) is 5.92 Å². The predicted molar refractivity (Wildman–Crippen MR) is 91.9 cm³/mol. The van der Waals surface area contributed by atoms with E-state index in [1.54, 1.807) is 0 Å². The lowest BCUT2D eigenvalue weighted by Crippen LogP contribution is -2.52. The minimum atomic E-state index is -0.0600. The molecule has 4 aliphatic rings. The first-order chi connectivity index (χ1) is 10.8. The summed E-state index contributed by atoms with van der Waals surface area (Å²) in [6, 6.07) is 0. The van der Waals surface area contributed by atoms with Gasteiger partial charge in [-0.25, -0.2) is 0 Å². The normalized spacial score (nSPS) is 55.7. The Labute approximate surface area is 141 Å². The summed E-state index contributed by atoms with van der Waals surface area (Å²) < 4.78 is 0. The summed E-state index contributed by atoms with van der Waals surface area (Å²) in [6.07, 6.45) is 10.9. The van der Waals surface area contributed by atoms with E-state index in [1.165, 1.54) is 38.5 Å². The van der Waals surface area contributed by atoms with Crippen LogP contribution in [0.15, 0.2) is 0 Å². The van der Waals surface area contributed by atoms with Crippen molar-refractivity contribution in [1.82, 2.24) is 0 Å². The highest BCUT2D eigenvalue weighted by Gasteiger charge is 2.59. The van der Waals surface area contributed by atoms with Crippen LogP contribution >= 0.6 is 0 Å². The number of hydrogen-bond acceptors (Lipinski definition) is 2. The molecule has 1 N–H and O–H groups in total. The average molecular weight is 319 g/mol. The maximum Gasteiger partial charge on any atom is 0.133 e. The van der Waals surface area contributed by atoms with E-state index >= 15 is 0 Å². The van der Waals surface area contributed by atoms with Crippen LogP contribution < -0.4 is 0 Å². The molecule has 0 aliphatic heterocycles. The smallest absolute Gasteiger partial charge is 0.133 e. The summed E-state index contributed by atoms with van der Waals surface area (Å²) in [5.74, 6) is 4.10. The van der Waals surface area contributed by atoms with Crippen LogP contribution in [-0.4, -0.2) is 17.0 Å². The van der Waals surface area contributed by atoms with Gasteiger partial charge in [-0.05, 0) is 99.2 Å². The topological polar surface area (TPSA) is 37.3 Å². The Hall–Kier alpha value is -0.370. The molecule has 4 fully saturated rings. The number of carbonyl (C=O) groups is 1. The Balaban J connectivity index is 1.60. The van der Waals surface area contributed by atoms with Gasteiger partial charge >= 0.3 is 0 Å². The van der Waals surface area contributed by atoms with E-state index in [4.69, 9.17) is 0 Å². The van der Waals surface area contributed by atoms with Crippen molar-refractivity contribution in [3.8, 4) is 0 Å². The first kappa shape index (κ1) is 16.1. The molecule has 2 heteroatoms. The molecule has 23 heavy (non-hydrogen) atoms. The van der Waals surface area contributed by atoms with E-state index in [-0.39, 0.29) is 11.5 Å². The van der Waals surface area contributed by atoms with E-state index in [9.17, 15) is 9.90 Å². The van der Waals surface area contributed by atoms with Crippen LogP contribution in [0.4, 0.5) is 0 Å². The van der Waals surface area contributed by atoms with Gasteiger partial charge in [0.05, 0.1) is 6.10 Å². The number of rotatable bonds is 1. The Bertz CT molecular complexity index is 500. The van der Waals surface area contributed by atoms with Crippen molar-refractivity contribution in [1.29, 1.82) is 0 Å². The molecular formula is C21H34O2. The average Bonchev–Trinajstić information content (AvgIpc) is 2.83. The van der Waals surface area contributed by atoms with Gasteiger partial charge in [0.25, 0.3) is 0 Å². The van der Waals surface area contributed by atoms with E-state index in [1.807, 2.05) is 6.92 Å². The third kappa shape index (κ3) is 2.27. The molecule has 4 aliphatic carbocycles. The number of aliphatic hydroxyl groups is 1. The first-order valence-corrected chi connectivity index (χ1v) is 10.0. The number of fused-ring (bicyclic) bond motifs is 5. The van der Waals surface area contributed by atoms with E-state index < -0.39 is 0 Å². The van der Waals surface area contributed by atoms with Crippen molar-refractivity contribution in [2.75, 3.05) is 0 Å². The molecule has 0 radical (unpaired) electrons. The van der Waals surface area contributed by atoms with Crippen molar-refractivity contribution in [3.05, 3.63) is 0 Å². The third-order valence-electron chi connectivity index (χ3n) is 8.96. The molecule has 8 atom stereocenters. The highest BCUT2D eigenvalue weighted by molar-refractivity contribution is 5.79. The Morgan fingerprint density at radius 3 is 2.30 bits per heavy atom. The van der Waals surface area contributed by atoms with Gasteiger partial charge in [-0.15, -0.1) is 0 Å². The van der Waals surface area contributed by atoms with E-state index in [0.717, 1.165) is 42.9 Å². The molecule has 0 spiro atoms. The van der Waals surface area contributed by atoms with Gasteiger partial charge in [0.15, 0.2) is 0 Å². The second-order valence-electron chi connectivity index (χ2n) is 9.95. The number of ketones is 1. The highest BCUT2D eigenvalue weighted by atomic mass is 16.3. The Morgan fingerprint density at radius 2 is 1.57 bits per heavy atom. The molecule has 0 bridgehead atoms. The van der Waals surface area contributed by atoms with Crippen LogP contribution in [0.3, 0.4) is 0 Å². The number of aliphatic hydroxyl groups excluding tert-OH is 1. The lowest BCUT2D eigenvalue weighted by molar-refractivity contribution is -0.133. The number of hydrogen-bond donors (Lipinski definition) is 1. The largest absolute Gasteiger partial charge is 0.393 e. The molecule has 0 heterocycles. The van der Waals surface area contributed by atoms with Gasteiger partial charge < -0.3 is 5.11 Å². The standard InChI is InChI=1S/C21H34O2/c1-13(22)17-6-7-19-16-8-10-20(2)12-14(23)4-5-18(20)15(16)9-11-21(17,19)3/h14-19,23H,4-12H2,1-3H3/t14?,15?,16?,17-,18-,19?,20?,21-/m1/s1. The Kier molecular flexibility index (Phi) is 3.72. The maximum absolute atomic E-state index is 12.2. The molecule has 5 unspecified atom stereocenters. The van der Waals surface area contributed by atoms with Crippen LogP contribution in [0.1, 0.15) is 78.6 Å². The molecule has 0 saturated heterocycles. The zero-order valence-corrected chi connectivity index (χ0v) is 15.2. The van der Waals surface area contributed by atoms with Gasteiger partial charge in [-0.1, -0.05) is 13.8 Å². The van der Waals surface area contributed by atoms with Crippen molar-refractivity contribution in [2.24, 2.45) is 40.4 Å². The maximum atomic E-state index is 12.2. The van der Waals surface area contributed by atoms with Gasteiger partial charge in [-0.3, -0.25) is 4.79 Å². The lowest BCUT2D eigenvalue weighted by atomic mass is 9.46. The minimum absolute atomic E-state index is 0.0600. The van der Waals surface area contributed by atoms with Crippen LogP contribution in [0.2, 0.25) is 0 Å². The van der Waals surface area contributed by atoms with Crippen LogP contribution in [0.5, 0.6) is 0 Å². The van der Waals surface area contributed by atoms with Gasteiger partial charge in [0.2, 0.25) is 0 Å². The number of Topliss-reactive ketones (excluding diaryl/α,β-unsaturated/α-hetero) is 1. The van der Waals surface area contributed by atoms with Gasteiger partial charge in [-0.2, -0.15) is 0 Å². The molecule has 4 rings (SSSR count). The SMILES string of the molecule is CC(=O)[C@H]1CCC2C3CCC4(C)CC(O)CC[C@@H]4C3CC[C@@]21C. The molecule has 0 aromatic carbocycles. The Morgan fingerprint density at radius 1 is 0.913 bits per heavy atom. The monoisotopic (exact) mass is 318 g/mol. The second-order valence-corrected chi connectivity index (χ2v) is 9.95. The third-order valence-corrected chi connectivity index (χ3v) is 8.96. The fraction of sp³-hybridized carbons (Fsp3) is 0.952. The molecule has 2 nitrogen and oxygen atoms in total. The summed E-state index contributed by atoms with van der Waals surface area (Å²) in [7, 11) is 0. The summed E-state index contributed by atoms with van der Waals surface area (Å²) in [5, 5.41) is 10.2. The van der Waals surface area contributed by atoms with Crippen molar-refractivity contribution in [3.63, 3.8) is 0 Å². The summed E-state index contributed by atoms with van der Waals surface area (Å²) in [6.45, 7) is 6.72. The highest BCUT2D eigenvalue weighted by Crippen LogP contribution is 2.66. The fourth-order valence-electron chi connectivity index (χ4n) is 7.93. The summed E-state index contributed by atoms with van der Waals surface area (Å²) in [5.41, 5.74) is 0.667. The summed E-state index contributed by atoms with van der Waals surface area (Å²) >= 11 is 0. The molecular weight excluding hydrogens is 284 g/mol. The quantitative estimate of drug-likeness (QED) is 0.767. The first-order valence-electron chi connectivity index (χ1n) is 10.0. The van der Waals surface area contributed by atoms with Crippen LogP contribution in [0.25, 0.3) is 0 Å². The van der Waals surface area contributed by atoms with Gasteiger partial charge in [0.1, 0.15) is 5.78 Å². The van der Waals surface area contributed by atoms with Crippen molar-refractivity contribution in [2.45, 2.75) is 84.7 Å². The number of carbonyl (C=O) groups excluding carboxylic acids is 1. The molecule has 0 aromatic rings. The predicted octanol–water partition coefficient (Wildman–Crippen LogP) is 4.60. The van der Waals surface area contributed by atoms with E-state index in [0.29, 0.717) is 17.1 Å². The van der Waals surface area contributed by atoms with Crippen molar-refractivity contribution >= 4 is 5.78 Å². The molecule has 4 saturated carbocycles. The summed E-state index contributed by atoms with van der Waals surface area (Å²) in [4.78, 5) is 12.2. The minimum Gasteiger partial charge on any atom is -0.393 e. The zero-order chi connectivity index (χ0) is 16.4.